The van der Waals surface area contributed by atoms with E-state index in [9.17, 15) is 22.8 Å². The molecule has 1 amide bonds. The van der Waals surface area contributed by atoms with E-state index in [0.29, 0.717) is 5.56 Å². The maximum Gasteiger partial charge on any atom is 0.324 e. The Hall–Kier alpha value is -2.26. The molecule has 0 heterocycles. The van der Waals surface area contributed by atoms with Crippen molar-refractivity contribution in [1.82, 2.24) is 10.0 Å². The monoisotopic (exact) mass is 424 g/mol. The van der Waals surface area contributed by atoms with Crippen LogP contribution >= 0.6 is 0 Å². The molecule has 160 valence electrons. The standard InChI is InChI=1S/C20H28N2O6S/c1-13(22-29(26,27)18-11-9-16(10-12-18)14(2)23)20(25)28-15(3)19(24)21-17-7-5-4-6-8-17/h9-13,15,17,22H,4-8H2,1-3H3,(H,21,24)/t13-,15-/m0/s1. The quantitative estimate of drug-likeness (QED) is 0.486. The van der Waals surface area contributed by atoms with Gasteiger partial charge in [0.25, 0.3) is 5.91 Å². The van der Waals surface area contributed by atoms with Crippen LogP contribution in [0.5, 0.6) is 0 Å². The summed E-state index contributed by atoms with van der Waals surface area (Å²) in [5, 5.41) is 2.87. The van der Waals surface area contributed by atoms with Crippen molar-refractivity contribution in [3.8, 4) is 0 Å². The molecule has 1 aromatic rings. The van der Waals surface area contributed by atoms with Gasteiger partial charge in [-0.2, -0.15) is 4.72 Å². The normalized spacial score (nSPS) is 17.2. The maximum absolute atomic E-state index is 12.4. The molecule has 1 aliphatic rings. The number of amides is 1. The van der Waals surface area contributed by atoms with E-state index in [1.165, 1.54) is 45.0 Å². The van der Waals surface area contributed by atoms with E-state index in [1.807, 2.05) is 0 Å². The van der Waals surface area contributed by atoms with Gasteiger partial charge in [0, 0.05) is 11.6 Å². The first-order valence-electron chi connectivity index (χ1n) is 9.74. The van der Waals surface area contributed by atoms with Crippen LogP contribution < -0.4 is 10.0 Å². The van der Waals surface area contributed by atoms with Crippen LogP contribution in [0, 0.1) is 0 Å². The summed E-state index contributed by atoms with van der Waals surface area (Å²) >= 11 is 0. The lowest BCUT2D eigenvalue weighted by Crippen LogP contribution is -2.46. The summed E-state index contributed by atoms with van der Waals surface area (Å²) in [6, 6.07) is 4.29. The number of carbonyl (C=O) groups excluding carboxylic acids is 3. The molecule has 0 aromatic heterocycles. The van der Waals surface area contributed by atoms with Gasteiger partial charge in [0.05, 0.1) is 4.90 Å². The average molecular weight is 425 g/mol. The molecule has 2 atom stereocenters. The van der Waals surface area contributed by atoms with Crippen molar-refractivity contribution in [2.75, 3.05) is 0 Å². The molecule has 2 rings (SSSR count). The number of esters is 1. The van der Waals surface area contributed by atoms with Gasteiger partial charge in [-0.1, -0.05) is 31.4 Å². The molecule has 0 aliphatic heterocycles. The number of nitrogens with one attached hydrogen (secondary N) is 2. The van der Waals surface area contributed by atoms with Crippen molar-refractivity contribution < 1.29 is 27.5 Å². The molecule has 0 bridgehead atoms. The molecule has 9 heteroatoms. The van der Waals surface area contributed by atoms with Gasteiger partial charge in [0.15, 0.2) is 11.9 Å². The Morgan fingerprint density at radius 1 is 1.03 bits per heavy atom. The first kappa shape index (κ1) is 23.0. The zero-order valence-electron chi connectivity index (χ0n) is 16.9. The summed E-state index contributed by atoms with van der Waals surface area (Å²) in [6.45, 7) is 4.18. The molecule has 1 aromatic carbocycles. The second kappa shape index (κ2) is 9.98. The summed E-state index contributed by atoms with van der Waals surface area (Å²) in [6.07, 6.45) is 4.07. The molecule has 0 saturated heterocycles. The van der Waals surface area contributed by atoms with Gasteiger partial charge in [-0.05, 0) is 45.7 Å². The van der Waals surface area contributed by atoms with Gasteiger partial charge in [0.2, 0.25) is 10.0 Å². The van der Waals surface area contributed by atoms with Crippen molar-refractivity contribution >= 4 is 27.7 Å². The zero-order chi connectivity index (χ0) is 21.6. The minimum atomic E-state index is -3.99. The Labute approximate surface area is 171 Å². The SMILES string of the molecule is CC(=O)c1ccc(S(=O)(=O)N[C@@H](C)C(=O)O[C@@H](C)C(=O)NC2CCCCC2)cc1. The van der Waals surface area contributed by atoms with E-state index in [4.69, 9.17) is 4.74 Å². The Bertz CT molecular complexity index is 844. The highest BCUT2D eigenvalue weighted by molar-refractivity contribution is 7.89. The summed E-state index contributed by atoms with van der Waals surface area (Å²) in [5.41, 5.74) is 0.384. The number of sulfonamides is 1. The zero-order valence-corrected chi connectivity index (χ0v) is 17.8. The lowest BCUT2D eigenvalue weighted by molar-refractivity contribution is -0.156. The van der Waals surface area contributed by atoms with Crippen LogP contribution in [-0.2, 0) is 24.3 Å². The van der Waals surface area contributed by atoms with Crippen molar-refractivity contribution in [3.63, 3.8) is 0 Å². The molecule has 0 spiro atoms. The Kier molecular flexibility index (Phi) is 7.92. The Balaban J connectivity index is 1.91. The number of carbonyl (C=O) groups is 3. The second-order valence-corrected chi connectivity index (χ2v) is 9.06. The highest BCUT2D eigenvalue weighted by Gasteiger charge is 2.27. The molecular weight excluding hydrogens is 396 g/mol. The van der Waals surface area contributed by atoms with E-state index in [1.54, 1.807) is 0 Å². The van der Waals surface area contributed by atoms with Crippen LogP contribution in [0.4, 0.5) is 0 Å². The number of Topliss-reactive ketones (excluding diaryl/α,β-unsaturated/α-hetero) is 1. The van der Waals surface area contributed by atoms with Gasteiger partial charge >= 0.3 is 5.97 Å². The number of ether oxygens (including phenoxy) is 1. The van der Waals surface area contributed by atoms with E-state index in [-0.39, 0.29) is 22.6 Å². The lowest BCUT2D eigenvalue weighted by Gasteiger charge is -2.24. The van der Waals surface area contributed by atoms with Gasteiger partial charge in [-0.25, -0.2) is 8.42 Å². The molecule has 1 fully saturated rings. The smallest absolute Gasteiger partial charge is 0.324 e. The first-order chi connectivity index (χ1) is 13.6. The van der Waals surface area contributed by atoms with E-state index < -0.39 is 28.1 Å². The van der Waals surface area contributed by atoms with Crippen LogP contribution in [0.1, 0.15) is 63.2 Å². The molecule has 1 saturated carbocycles. The number of ketones is 1. The number of benzene rings is 1. The highest BCUT2D eigenvalue weighted by atomic mass is 32.2. The fourth-order valence-corrected chi connectivity index (χ4v) is 4.31. The van der Waals surface area contributed by atoms with Gasteiger partial charge in [-0.15, -0.1) is 0 Å². The van der Waals surface area contributed by atoms with Crippen LogP contribution in [0.2, 0.25) is 0 Å². The Morgan fingerprint density at radius 3 is 2.17 bits per heavy atom. The fraction of sp³-hybridized carbons (Fsp3) is 0.550. The van der Waals surface area contributed by atoms with Gasteiger partial charge in [0.1, 0.15) is 6.04 Å². The molecule has 0 unspecified atom stereocenters. The third kappa shape index (κ3) is 6.64. The molecule has 8 nitrogen and oxygen atoms in total. The van der Waals surface area contributed by atoms with Crippen LogP contribution in [0.3, 0.4) is 0 Å². The van der Waals surface area contributed by atoms with Crippen LogP contribution in [0.25, 0.3) is 0 Å². The molecule has 29 heavy (non-hydrogen) atoms. The summed E-state index contributed by atoms with van der Waals surface area (Å²) in [7, 11) is -3.99. The molecule has 1 aliphatic carbocycles. The minimum absolute atomic E-state index is 0.0785. The minimum Gasteiger partial charge on any atom is -0.451 e. The predicted molar refractivity (Wildman–Crippen MR) is 107 cm³/mol. The third-order valence-corrected chi connectivity index (χ3v) is 6.43. The van der Waals surface area contributed by atoms with Gasteiger partial charge in [-0.3, -0.25) is 14.4 Å². The summed E-state index contributed by atoms with van der Waals surface area (Å²) in [5.74, 6) is -1.42. The Morgan fingerprint density at radius 2 is 1.62 bits per heavy atom. The highest BCUT2D eigenvalue weighted by Crippen LogP contribution is 2.17. The first-order valence-corrected chi connectivity index (χ1v) is 11.2. The fourth-order valence-electron chi connectivity index (χ4n) is 3.11. The summed E-state index contributed by atoms with van der Waals surface area (Å²) in [4.78, 5) is 35.7. The van der Waals surface area contributed by atoms with E-state index in [2.05, 4.69) is 10.0 Å². The number of hydrogen-bond donors (Lipinski definition) is 2. The number of rotatable bonds is 8. The van der Waals surface area contributed by atoms with Crippen LogP contribution in [-0.4, -0.2) is 44.3 Å². The number of hydrogen-bond acceptors (Lipinski definition) is 6. The predicted octanol–water partition coefficient (Wildman–Crippen LogP) is 1.94. The van der Waals surface area contributed by atoms with Crippen molar-refractivity contribution in [2.24, 2.45) is 0 Å². The summed E-state index contributed by atoms with van der Waals surface area (Å²) < 4.78 is 32.2. The van der Waals surface area contributed by atoms with Crippen molar-refractivity contribution in [3.05, 3.63) is 29.8 Å². The van der Waals surface area contributed by atoms with Gasteiger partial charge < -0.3 is 10.1 Å². The lowest BCUT2D eigenvalue weighted by atomic mass is 9.95. The van der Waals surface area contributed by atoms with Crippen molar-refractivity contribution in [1.29, 1.82) is 0 Å². The molecule has 0 radical (unpaired) electrons. The molecular formula is C20H28N2O6S. The average Bonchev–Trinajstić information content (AvgIpc) is 2.68. The third-order valence-electron chi connectivity index (χ3n) is 4.87. The second-order valence-electron chi connectivity index (χ2n) is 7.35. The van der Waals surface area contributed by atoms with Crippen LogP contribution in [0.15, 0.2) is 29.2 Å². The molecule has 2 N–H and O–H groups in total. The van der Waals surface area contributed by atoms with E-state index >= 15 is 0 Å². The maximum atomic E-state index is 12.4. The van der Waals surface area contributed by atoms with Crippen molar-refractivity contribution in [2.45, 2.75) is 76.0 Å². The topological polar surface area (TPSA) is 119 Å². The van der Waals surface area contributed by atoms with E-state index in [0.717, 1.165) is 32.1 Å². The largest absolute Gasteiger partial charge is 0.451 e.